The topological polar surface area (TPSA) is 117 Å². The summed E-state index contributed by atoms with van der Waals surface area (Å²) in [6.07, 6.45) is 8.16. The highest BCUT2D eigenvalue weighted by atomic mass is 16.2. The molecule has 2 aliphatic rings. The molecule has 1 saturated heterocycles. The number of fused-ring (bicyclic) bond motifs is 1. The van der Waals surface area contributed by atoms with Gasteiger partial charge in [0, 0.05) is 37.9 Å². The minimum Gasteiger partial charge on any atom is -0.383 e. The number of nitrogens with two attached hydrogens (primary N) is 1. The zero-order chi connectivity index (χ0) is 31.7. The summed E-state index contributed by atoms with van der Waals surface area (Å²) < 4.78 is 2.06. The molecule has 0 atom stereocenters. The SMILES string of the molecule is CN1CCN(C2CCC(n3ncc4c(N)ncnc43)CC2)CC1.O=C(Nc1ccccc1)NC(c1ccccc1)c1ccccc1. The van der Waals surface area contributed by atoms with Gasteiger partial charge in [0.05, 0.1) is 23.7 Å². The molecule has 2 fully saturated rings. The number of carbonyl (C=O) groups is 1. The van der Waals surface area contributed by atoms with Crippen molar-refractivity contribution >= 4 is 28.6 Å². The first-order valence-corrected chi connectivity index (χ1v) is 16.1. The number of hydrogen-bond acceptors (Lipinski definition) is 7. The van der Waals surface area contributed by atoms with Crippen LogP contribution in [-0.2, 0) is 0 Å². The van der Waals surface area contributed by atoms with Crippen LogP contribution >= 0.6 is 0 Å². The van der Waals surface area contributed by atoms with E-state index in [0.29, 0.717) is 11.9 Å². The lowest BCUT2D eigenvalue weighted by Gasteiger charge is -2.41. The summed E-state index contributed by atoms with van der Waals surface area (Å²) in [4.78, 5) is 25.9. The average Bonchev–Trinajstić information content (AvgIpc) is 3.55. The molecule has 0 spiro atoms. The Morgan fingerprint density at radius 1 is 0.783 bits per heavy atom. The van der Waals surface area contributed by atoms with Gasteiger partial charge in [0.15, 0.2) is 5.65 Å². The molecular formula is C36H43N9O. The van der Waals surface area contributed by atoms with Gasteiger partial charge in [0.1, 0.15) is 12.1 Å². The molecule has 46 heavy (non-hydrogen) atoms. The van der Waals surface area contributed by atoms with Gasteiger partial charge in [0.2, 0.25) is 0 Å². The molecule has 4 N–H and O–H groups in total. The lowest BCUT2D eigenvalue weighted by Crippen LogP contribution is -2.49. The van der Waals surface area contributed by atoms with Crippen LogP contribution in [0.25, 0.3) is 11.0 Å². The molecule has 10 heteroatoms. The molecule has 7 rings (SSSR count). The van der Waals surface area contributed by atoms with Crippen molar-refractivity contribution < 1.29 is 4.79 Å². The number of urea groups is 1. The fraction of sp³-hybridized carbons (Fsp3) is 0.333. The number of nitrogens with zero attached hydrogens (tertiary/aromatic N) is 6. The molecule has 238 valence electrons. The van der Waals surface area contributed by atoms with E-state index in [0.717, 1.165) is 46.7 Å². The highest BCUT2D eigenvalue weighted by molar-refractivity contribution is 5.89. The molecule has 2 amide bonds. The van der Waals surface area contributed by atoms with Crippen molar-refractivity contribution in [1.29, 1.82) is 0 Å². The summed E-state index contributed by atoms with van der Waals surface area (Å²) in [6, 6.07) is 30.1. The number of nitrogen functional groups attached to an aromatic ring is 1. The Morgan fingerprint density at radius 3 is 1.96 bits per heavy atom. The summed E-state index contributed by atoms with van der Waals surface area (Å²) in [5.41, 5.74) is 9.65. The van der Waals surface area contributed by atoms with Crippen LogP contribution < -0.4 is 16.4 Å². The van der Waals surface area contributed by atoms with E-state index in [1.807, 2.05) is 91.0 Å². The first kappa shape index (κ1) is 31.2. The zero-order valence-electron chi connectivity index (χ0n) is 26.4. The smallest absolute Gasteiger partial charge is 0.319 e. The largest absolute Gasteiger partial charge is 0.383 e. The summed E-state index contributed by atoms with van der Waals surface area (Å²) in [7, 11) is 2.21. The number of piperazine rings is 1. The number of anilines is 2. The normalized spacial score (nSPS) is 18.9. The minimum absolute atomic E-state index is 0.193. The van der Waals surface area contributed by atoms with Gasteiger partial charge in [-0.05, 0) is 56.0 Å². The van der Waals surface area contributed by atoms with Gasteiger partial charge in [-0.2, -0.15) is 5.10 Å². The monoisotopic (exact) mass is 617 g/mol. The number of nitrogens with one attached hydrogen (secondary N) is 2. The second kappa shape index (κ2) is 15.0. The molecule has 0 radical (unpaired) electrons. The third-order valence-corrected chi connectivity index (χ3v) is 9.06. The van der Waals surface area contributed by atoms with E-state index in [2.05, 4.69) is 47.2 Å². The van der Waals surface area contributed by atoms with E-state index in [-0.39, 0.29) is 12.1 Å². The van der Waals surface area contributed by atoms with Crippen molar-refractivity contribution in [2.75, 3.05) is 44.3 Å². The predicted octanol–water partition coefficient (Wildman–Crippen LogP) is 5.74. The van der Waals surface area contributed by atoms with Gasteiger partial charge in [-0.15, -0.1) is 0 Å². The van der Waals surface area contributed by atoms with Crippen LogP contribution in [-0.4, -0.2) is 74.8 Å². The van der Waals surface area contributed by atoms with Crippen molar-refractivity contribution in [3.8, 4) is 0 Å². The van der Waals surface area contributed by atoms with E-state index in [1.165, 1.54) is 45.3 Å². The number of amides is 2. The van der Waals surface area contributed by atoms with Gasteiger partial charge in [-0.3, -0.25) is 4.90 Å². The summed E-state index contributed by atoms with van der Waals surface area (Å²) in [5.74, 6) is 0.521. The van der Waals surface area contributed by atoms with E-state index in [9.17, 15) is 4.79 Å². The number of carbonyl (C=O) groups excluding carboxylic acids is 1. The van der Waals surface area contributed by atoms with Crippen molar-refractivity contribution in [2.24, 2.45) is 0 Å². The van der Waals surface area contributed by atoms with Crippen molar-refractivity contribution in [1.82, 2.24) is 34.9 Å². The van der Waals surface area contributed by atoms with Crippen LogP contribution in [0.2, 0.25) is 0 Å². The summed E-state index contributed by atoms with van der Waals surface area (Å²) in [5, 5.41) is 11.3. The molecule has 5 aromatic rings. The number of benzene rings is 3. The number of rotatable bonds is 6. The van der Waals surface area contributed by atoms with Crippen LogP contribution in [0.5, 0.6) is 0 Å². The molecule has 1 aliphatic heterocycles. The Labute approximate surface area is 270 Å². The van der Waals surface area contributed by atoms with Gasteiger partial charge in [-0.1, -0.05) is 78.9 Å². The molecule has 0 unspecified atom stereocenters. The molecule has 2 aromatic heterocycles. The number of para-hydroxylation sites is 1. The van der Waals surface area contributed by atoms with Crippen LogP contribution in [0.15, 0.2) is 104 Å². The fourth-order valence-corrected chi connectivity index (χ4v) is 6.47. The van der Waals surface area contributed by atoms with Crippen molar-refractivity contribution in [3.05, 3.63) is 115 Å². The highest BCUT2D eigenvalue weighted by Gasteiger charge is 2.29. The number of aromatic nitrogens is 4. The van der Waals surface area contributed by atoms with Crippen LogP contribution in [0, 0.1) is 0 Å². The summed E-state index contributed by atoms with van der Waals surface area (Å²) >= 11 is 0. The second-order valence-electron chi connectivity index (χ2n) is 12.1. The lowest BCUT2D eigenvalue weighted by atomic mass is 9.90. The quantitative estimate of drug-likeness (QED) is 0.223. The van der Waals surface area contributed by atoms with Crippen molar-refractivity contribution in [2.45, 2.75) is 43.8 Å². The Morgan fingerprint density at radius 2 is 1.35 bits per heavy atom. The average molecular weight is 618 g/mol. The predicted molar refractivity (Wildman–Crippen MR) is 183 cm³/mol. The first-order valence-electron chi connectivity index (χ1n) is 16.1. The minimum atomic E-state index is -0.228. The maximum Gasteiger partial charge on any atom is 0.319 e. The number of hydrogen-bond donors (Lipinski definition) is 3. The first-order chi connectivity index (χ1) is 22.5. The third kappa shape index (κ3) is 7.70. The van der Waals surface area contributed by atoms with Gasteiger partial charge >= 0.3 is 6.03 Å². The maximum absolute atomic E-state index is 12.3. The Hall–Kier alpha value is -4.80. The Balaban J connectivity index is 0.000000162. The molecule has 10 nitrogen and oxygen atoms in total. The standard InChI is InChI=1S/C20H18N2O.C16H25N7/c23-20(21-18-14-8-3-9-15-18)22-19(16-10-4-1-5-11-16)17-12-6-2-7-13-17;1-21-6-8-22(9-7-21)12-2-4-13(5-3-12)23-16-14(10-20-23)15(17)18-11-19-16/h1-15,19H,(H2,21,22,23);10-13H,2-9H2,1H3,(H2,17,18,19). The molecule has 1 saturated carbocycles. The van der Waals surface area contributed by atoms with Crippen molar-refractivity contribution in [3.63, 3.8) is 0 Å². The zero-order valence-corrected chi connectivity index (χ0v) is 26.4. The van der Waals surface area contributed by atoms with Crippen LogP contribution in [0.3, 0.4) is 0 Å². The van der Waals surface area contributed by atoms with Crippen LogP contribution in [0.4, 0.5) is 16.3 Å². The lowest BCUT2D eigenvalue weighted by molar-refractivity contribution is 0.0815. The maximum atomic E-state index is 12.3. The fourth-order valence-electron chi connectivity index (χ4n) is 6.47. The number of likely N-dealkylation sites (N-methyl/N-ethyl adjacent to an activating group) is 1. The van der Waals surface area contributed by atoms with E-state index >= 15 is 0 Å². The van der Waals surface area contributed by atoms with Gasteiger partial charge < -0.3 is 21.3 Å². The van der Waals surface area contributed by atoms with Gasteiger partial charge in [0.25, 0.3) is 0 Å². The van der Waals surface area contributed by atoms with Crippen LogP contribution in [0.1, 0.15) is 48.9 Å². The molecule has 0 bridgehead atoms. The summed E-state index contributed by atoms with van der Waals surface area (Å²) in [6.45, 7) is 4.81. The molecular weight excluding hydrogens is 574 g/mol. The molecule has 3 heterocycles. The Bertz CT molecular complexity index is 1620. The highest BCUT2D eigenvalue weighted by Crippen LogP contribution is 2.33. The Kier molecular flexibility index (Phi) is 10.2. The van der Waals surface area contributed by atoms with E-state index in [1.54, 1.807) is 6.20 Å². The van der Waals surface area contributed by atoms with E-state index < -0.39 is 0 Å². The second-order valence-corrected chi connectivity index (χ2v) is 12.1. The van der Waals surface area contributed by atoms with Gasteiger partial charge in [-0.25, -0.2) is 19.4 Å². The third-order valence-electron chi connectivity index (χ3n) is 9.06. The van der Waals surface area contributed by atoms with E-state index in [4.69, 9.17) is 5.73 Å². The molecule has 1 aliphatic carbocycles. The molecule has 3 aromatic carbocycles.